The zero-order valence-corrected chi connectivity index (χ0v) is 13.8. The average molecular weight is 333 g/mol. The summed E-state index contributed by atoms with van der Waals surface area (Å²) in [6, 6.07) is 10.1. The van der Waals surface area contributed by atoms with Gasteiger partial charge in [0, 0.05) is 6.54 Å². The molecule has 4 N–H and O–H groups in total. The normalized spacial score (nSPS) is 12.0. The number of benzene rings is 2. The summed E-state index contributed by atoms with van der Waals surface area (Å²) in [6.07, 6.45) is 0.00758. The minimum atomic E-state index is -0.726. The highest BCUT2D eigenvalue weighted by Gasteiger charge is 2.10. The molecule has 0 saturated heterocycles. The lowest BCUT2D eigenvalue weighted by Crippen LogP contribution is -2.23. The zero-order valence-electron chi connectivity index (χ0n) is 13.8. The second kappa shape index (κ2) is 8.42. The number of aliphatic hydroxyl groups excluding tert-OH is 1. The Balaban J connectivity index is 1.82. The van der Waals surface area contributed by atoms with E-state index in [0.29, 0.717) is 30.2 Å². The molecule has 1 atom stereocenters. The van der Waals surface area contributed by atoms with E-state index < -0.39 is 6.10 Å². The lowest BCUT2D eigenvalue weighted by atomic mass is 10.1. The Bertz CT molecular complexity index is 674. The summed E-state index contributed by atoms with van der Waals surface area (Å²) >= 11 is 0. The van der Waals surface area contributed by atoms with Crippen molar-refractivity contribution in [2.45, 2.75) is 12.5 Å². The molecular formula is C18H23NO5. The smallest absolute Gasteiger partial charge is 0.160 e. The Labute approximate surface area is 141 Å². The summed E-state index contributed by atoms with van der Waals surface area (Å²) in [6.45, 7) is 1.02. The number of methoxy groups -OCH3 is 2. The number of hydrogen-bond donors (Lipinski definition) is 4. The van der Waals surface area contributed by atoms with Crippen LogP contribution < -0.4 is 14.8 Å². The van der Waals surface area contributed by atoms with Crippen LogP contribution in [0.15, 0.2) is 36.4 Å². The van der Waals surface area contributed by atoms with E-state index in [4.69, 9.17) is 9.47 Å². The molecule has 6 heteroatoms. The van der Waals surface area contributed by atoms with E-state index in [9.17, 15) is 15.3 Å². The Morgan fingerprint density at radius 1 is 0.958 bits per heavy atom. The number of phenolic OH excluding ortho intramolecular Hbond substituents is 2. The molecule has 0 aliphatic rings. The molecule has 0 radical (unpaired) electrons. The maximum atomic E-state index is 10.2. The van der Waals surface area contributed by atoms with Crippen LogP contribution in [-0.2, 0) is 6.42 Å². The molecule has 0 bridgehead atoms. The number of rotatable bonds is 8. The van der Waals surface area contributed by atoms with Gasteiger partial charge >= 0.3 is 0 Å². The number of aliphatic hydroxyl groups is 1. The largest absolute Gasteiger partial charge is 0.504 e. The van der Waals surface area contributed by atoms with Crippen molar-refractivity contribution < 1.29 is 24.8 Å². The average Bonchev–Trinajstić information content (AvgIpc) is 2.59. The third kappa shape index (κ3) is 4.53. The summed E-state index contributed by atoms with van der Waals surface area (Å²) in [5, 5.41) is 32.6. The van der Waals surface area contributed by atoms with Gasteiger partial charge in [-0.3, -0.25) is 0 Å². The molecule has 130 valence electrons. The monoisotopic (exact) mass is 333 g/mol. The third-order valence-corrected chi connectivity index (χ3v) is 3.76. The molecule has 2 aromatic rings. The van der Waals surface area contributed by atoms with Crippen LogP contribution in [0.4, 0.5) is 0 Å². The van der Waals surface area contributed by atoms with E-state index in [1.54, 1.807) is 24.3 Å². The van der Waals surface area contributed by atoms with Crippen LogP contribution >= 0.6 is 0 Å². The number of nitrogens with one attached hydrogen (secondary N) is 1. The maximum absolute atomic E-state index is 10.2. The van der Waals surface area contributed by atoms with Crippen LogP contribution in [0.3, 0.4) is 0 Å². The van der Waals surface area contributed by atoms with Gasteiger partial charge in [0.1, 0.15) is 0 Å². The minimum absolute atomic E-state index is 0.00485. The fraction of sp³-hybridized carbons (Fsp3) is 0.333. The van der Waals surface area contributed by atoms with E-state index in [1.807, 2.05) is 6.07 Å². The molecule has 6 nitrogen and oxygen atoms in total. The van der Waals surface area contributed by atoms with Crippen LogP contribution in [0.5, 0.6) is 23.0 Å². The molecule has 0 aliphatic heterocycles. The van der Waals surface area contributed by atoms with Crippen LogP contribution in [-0.4, -0.2) is 42.6 Å². The fourth-order valence-electron chi connectivity index (χ4n) is 2.38. The molecule has 2 rings (SSSR count). The Morgan fingerprint density at radius 2 is 1.71 bits per heavy atom. The van der Waals surface area contributed by atoms with Crippen molar-refractivity contribution in [2.24, 2.45) is 0 Å². The Kier molecular flexibility index (Phi) is 6.28. The molecule has 0 aromatic heterocycles. The van der Waals surface area contributed by atoms with Crippen molar-refractivity contribution in [1.82, 2.24) is 5.32 Å². The van der Waals surface area contributed by atoms with Gasteiger partial charge in [-0.2, -0.15) is 0 Å². The molecule has 0 fully saturated rings. The van der Waals surface area contributed by atoms with Crippen molar-refractivity contribution in [3.63, 3.8) is 0 Å². The first-order valence-corrected chi connectivity index (χ1v) is 7.66. The van der Waals surface area contributed by atoms with Gasteiger partial charge in [0.15, 0.2) is 23.0 Å². The predicted octanol–water partition coefficient (Wildman–Crippen LogP) is 1.98. The van der Waals surface area contributed by atoms with Crippen LogP contribution in [0.1, 0.15) is 17.2 Å². The van der Waals surface area contributed by atoms with Gasteiger partial charge in [0.25, 0.3) is 0 Å². The van der Waals surface area contributed by atoms with E-state index >= 15 is 0 Å². The van der Waals surface area contributed by atoms with Crippen molar-refractivity contribution in [3.05, 3.63) is 47.5 Å². The summed E-state index contributed by atoms with van der Waals surface area (Å²) < 4.78 is 10.1. The molecule has 0 amide bonds. The standard InChI is InChI=1S/C18H23NO5/c1-23-17-6-4-13(10-15(17)21)16(22)11-19-8-7-12-3-5-14(20)18(9-12)24-2/h3-6,9-10,16,19-22H,7-8,11H2,1-2H3. The number of phenols is 2. The van der Waals surface area contributed by atoms with Gasteiger partial charge in [-0.05, 0) is 48.4 Å². The topological polar surface area (TPSA) is 91.2 Å². The first kappa shape index (κ1) is 17.9. The van der Waals surface area contributed by atoms with Crippen molar-refractivity contribution in [3.8, 4) is 23.0 Å². The molecule has 0 aliphatic carbocycles. The Hall–Kier alpha value is -2.44. The lowest BCUT2D eigenvalue weighted by molar-refractivity contribution is 0.174. The summed E-state index contributed by atoms with van der Waals surface area (Å²) in [4.78, 5) is 0. The highest BCUT2D eigenvalue weighted by Crippen LogP contribution is 2.29. The second-order valence-corrected chi connectivity index (χ2v) is 5.41. The van der Waals surface area contributed by atoms with Crippen molar-refractivity contribution in [1.29, 1.82) is 0 Å². The highest BCUT2D eigenvalue weighted by atomic mass is 16.5. The minimum Gasteiger partial charge on any atom is -0.504 e. The fourth-order valence-corrected chi connectivity index (χ4v) is 2.38. The first-order valence-electron chi connectivity index (χ1n) is 7.66. The van der Waals surface area contributed by atoms with Crippen molar-refractivity contribution >= 4 is 0 Å². The third-order valence-electron chi connectivity index (χ3n) is 3.76. The van der Waals surface area contributed by atoms with E-state index in [0.717, 1.165) is 12.0 Å². The second-order valence-electron chi connectivity index (χ2n) is 5.41. The van der Waals surface area contributed by atoms with Gasteiger partial charge in [0.2, 0.25) is 0 Å². The van der Waals surface area contributed by atoms with E-state index in [2.05, 4.69) is 5.32 Å². The first-order chi connectivity index (χ1) is 11.5. The van der Waals surface area contributed by atoms with Gasteiger partial charge in [0.05, 0.1) is 20.3 Å². The van der Waals surface area contributed by atoms with Crippen LogP contribution in [0, 0.1) is 0 Å². The van der Waals surface area contributed by atoms with Crippen LogP contribution in [0.25, 0.3) is 0 Å². The lowest BCUT2D eigenvalue weighted by Gasteiger charge is -2.14. The molecule has 0 saturated carbocycles. The Morgan fingerprint density at radius 3 is 2.38 bits per heavy atom. The number of aromatic hydroxyl groups is 2. The summed E-state index contributed by atoms with van der Waals surface area (Å²) in [7, 11) is 2.99. The summed E-state index contributed by atoms with van der Waals surface area (Å²) in [5.74, 6) is 0.940. The van der Waals surface area contributed by atoms with Gasteiger partial charge in [-0.25, -0.2) is 0 Å². The molecule has 2 aromatic carbocycles. The van der Waals surface area contributed by atoms with Crippen LogP contribution in [0.2, 0.25) is 0 Å². The SMILES string of the molecule is COc1ccc(C(O)CNCCc2ccc(O)c(OC)c2)cc1O. The van der Waals surface area contributed by atoms with E-state index in [-0.39, 0.29) is 11.5 Å². The zero-order chi connectivity index (χ0) is 17.5. The summed E-state index contributed by atoms with van der Waals surface area (Å²) in [5.41, 5.74) is 1.64. The molecule has 0 heterocycles. The quantitative estimate of drug-likeness (QED) is 0.552. The predicted molar refractivity (Wildman–Crippen MR) is 90.9 cm³/mol. The van der Waals surface area contributed by atoms with Gasteiger partial charge in [-0.1, -0.05) is 12.1 Å². The highest BCUT2D eigenvalue weighted by molar-refractivity contribution is 5.43. The van der Waals surface area contributed by atoms with Crippen molar-refractivity contribution in [2.75, 3.05) is 27.3 Å². The maximum Gasteiger partial charge on any atom is 0.160 e. The van der Waals surface area contributed by atoms with E-state index in [1.165, 1.54) is 20.3 Å². The number of ether oxygens (including phenoxy) is 2. The molecular weight excluding hydrogens is 310 g/mol. The molecule has 1 unspecified atom stereocenters. The van der Waals surface area contributed by atoms with Gasteiger partial charge < -0.3 is 30.1 Å². The molecule has 0 spiro atoms. The van der Waals surface area contributed by atoms with Gasteiger partial charge in [-0.15, -0.1) is 0 Å². The number of hydrogen-bond acceptors (Lipinski definition) is 6. The molecule has 24 heavy (non-hydrogen) atoms.